The van der Waals surface area contributed by atoms with Gasteiger partial charge in [0.15, 0.2) is 0 Å². The van der Waals surface area contributed by atoms with Gasteiger partial charge in [-0.05, 0) is 18.6 Å². The summed E-state index contributed by atoms with van der Waals surface area (Å²) >= 11 is 0. The van der Waals surface area contributed by atoms with Crippen molar-refractivity contribution in [2.75, 3.05) is 18.1 Å². The second-order valence-corrected chi connectivity index (χ2v) is 5.18. The molecule has 22 heavy (non-hydrogen) atoms. The number of hydrogen-bond acceptors (Lipinski definition) is 5. The maximum atomic E-state index is 14.2. The highest BCUT2D eigenvalue weighted by Crippen LogP contribution is 2.33. The third-order valence-corrected chi connectivity index (χ3v) is 3.75. The molecule has 0 fully saturated rings. The zero-order chi connectivity index (χ0) is 15.7. The number of halogens is 1. The van der Waals surface area contributed by atoms with Crippen LogP contribution in [0.4, 0.5) is 10.1 Å². The van der Waals surface area contributed by atoms with E-state index in [-0.39, 0.29) is 24.6 Å². The average molecular weight is 305 g/mol. The number of aliphatic hydroxyl groups is 1. The Hall–Kier alpha value is -2.41. The van der Waals surface area contributed by atoms with E-state index in [2.05, 4.69) is 10.2 Å². The highest BCUT2D eigenvalue weighted by Gasteiger charge is 2.25. The van der Waals surface area contributed by atoms with Crippen molar-refractivity contribution in [2.45, 2.75) is 20.0 Å². The van der Waals surface area contributed by atoms with Crippen LogP contribution in [0.3, 0.4) is 0 Å². The topological polar surface area (TPSA) is 78.5 Å². The van der Waals surface area contributed by atoms with Gasteiger partial charge in [0.05, 0.1) is 18.5 Å². The lowest BCUT2D eigenvalue weighted by atomic mass is 10.1. The smallest absolute Gasteiger partial charge is 0.269 e. The van der Waals surface area contributed by atoms with Crippen molar-refractivity contribution in [3.05, 3.63) is 51.2 Å². The molecule has 3 rings (SSSR count). The van der Waals surface area contributed by atoms with Crippen LogP contribution in [0.25, 0.3) is 0 Å². The molecule has 0 radical (unpaired) electrons. The van der Waals surface area contributed by atoms with E-state index in [4.69, 9.17) is 9.84 Å². The first-order valence-corrected chi connectivity index (χ1v) is 6.94. The van der Waals surface area contributed by atoms with Crippen LogP contribution < -0.4 is 15.2 Å². The summed E-state index contributed by atoms with van der Waals surface area (Å²) in [6, 6.07) is 3.09. The van der Waals surface area contributed by atoms with Crippen LogP contribution in [0, 0.1) is 12.7 Å². The van der Waals surface area contributed by atoms with E-state index >= 15 is 0 Å². The first-order valence-electron chi connectivity index (χ1n) is 6.94. The predicted molar refractivity (Wildman–Crippen MR) is 78.5 cm³/mol. The molecule has 2 heterocycles. The van der Waals surface area contributed by atoms with E-state index in [0.29, 0.717) is 35.7 Å². The lowest BCUT2D eigenvalue weighted by Crippen LogP contribution is -2.21. The summed E-state index contributed by atoms with van der Waals surface area (Å²) in [4.78, 5) is 13.6. The van der Waals surface area contributed by atoms with Crippen molar-refractivity contribution in [3.63, 3.8) is 0 Å². The molecule has 0 bridgehead atoms. The van der Waals surface area contributed by atoms with Gasteiger partial charge < -0.3 is 14.7 Å². The number of aliphatic hydroxyl groups excluding tert-OH is 1. The number of rotatable bonds is 4. The minimum atomic E-state index is -0.344. The first-order chi connectivity index (χ1) is 10.6. The molecule has 2 aromatic rings. The monoisotopic (exact) mass is 305 g/mol. The SMILES string of the molecule is Cc1c(N2Cc3cc(OCCO)cc(F)c3C2)cn[nH]c1=O. The van der Waals surface area contributed by atoms with Crippen LogP contribution in [0.5, 0.6) is 5.75 Å². The molecule has 1 aliphatic heterocycles. The highest BCUT2D eigenvalue weighted by atomic mass is 19.1. The van der Waals surface area contributed by atoms with Crippen LogP contribution in [0.1, 0.15) is 16.7 Å². The van der Waals surface area contributed by atoms with Gasteiger partial charge >= 0.3 is 0 Å². The number of hydrogen-bond donors (Lipinski definition) is 2. The Morgan fingerprint density at radius 1 is 1.45 bits per heavy atom. The number of fused-ring (bicyclic) bond motifs is 1. The zero-order valence-electron chi connectivity index (χ0n) is 12.1. The average Bonchev–Trinajstić information content (AvgIpc) is 2.92. The van der Waals surface area contributed by atoms with Gasteiger partial charge in [0.25, 0.3) is 5.56 Å². The number of H-pyrrole nitrogens is 1. The third-order valence-electron chi connectivity index (χ3n) is 3.75. The van der Waals surface area contributed by atoms with Gasteiger partial charge in [0.2, 0.25) is 0 Å². The number of aromatic amines is 1. The predicted octanol–water partition coefficient (Wildman–Crippen LogP) is 1.11. The van der Waals surface area contributed by atoms with Gasteiger partial charge in [-0.3, -0.25) is 4.79 Å². The number of benzene rings is 1. The zero-order valence-corrected chi connectivity index (χ0v) is 12.1. The normalized spacial score (nSPS) is 13.3. The number of ether oxygens (including phenoxy) is 1. The summed E-state index contributed by atoms with van der Waals surface area (Å²) in [7, 11) is 0. The summed E-state index contributed by atoms with van der Waals surface area (Å²) in [6.07, 6.45) is 1.57. The fraction of sp³-hybridized carbons (Fsp3) is 0.333. The van der Waals surface area contributed by atoms with Crippen LogP contribution in [0.2, 0.25) is 0 Å². The minimum Gasteiger partial charge on any atom is -0.491 e. The van der Waals surface area contributed by atoms with Crippen molar-refractivity contribution in [2.24, 2.45) is 0 Å². The second kappa shape index (κ2) is 5.76. The Bertz CT molecular complexity index is 760. The summed E-state index contributed by atoms with van der Waals surface area (Å²) in [5, 5.41) is 15.0. The summed E-state index contributed by atoms with van der Waals surface area (Å²) < 4.78 is 19.5. The molecule has 2 N–H and O–H groups in total. The molecule has 0 unspecified atom stereocenters. The molecule has 0 aliphatic carbocycles. The lowest BCUT2D eigenvalue weighted by Gasteiger charge is -2.18. The number of nitrogens with one attached hydrogen (secondary N) is 1. The molecule has 1 aromatic heterocycles. The molecule has 1 aromatic carbocycles. The van der Waals surface area contributed by atoms with E-state index in [1.807, 2.05) is 4.90 Å². The molecular weight excluding hydrogens is 289 g/mol. The van der Waals surface area contributed by atoms with Crippen LogP contribution in [-0.2, 0) is 13.1 Å². The largest absolute Gasteiger partial charge is 0.491 e. The quantitative estimate of drug-likeness (QED) is 0.884. The maximum absolute atomic E-state index is 14.2. The maximum Gasteiger partial charge on any atom is 0.269 e. The molecule has 0 atom stereocenters. The van der Waals surface area contributed by atoms with E-state index < -0.39 is 0 Å². The Kier molecular flexibility index (Phi) is 3.81. The van der Waals surface area contributed by atoms with Crippen molar-refractivity contribution < 1.29 is 14.2 Å². The van der Waals surface area contributed by atoms with Gasteiger partial charge in [0.1, 0.15) is 18.2 Å². The standard InChI is InChI=1S/C15H16FN3O3/c1-9-14(6-17-18-15(9)21)19-7-10-4-11(22-3-2-20)5-13(16)12(10)8-19/h4-6,20H,2-3,7-8H2,1H3,(H,18,21). The summed E-state index contributed by atoms with van der Waals surface area (Å²) in [5.74, 6) is 0.0521. The minimum absolute atomic E-state index is 0.123. The van der Waals surface area contributed by atoms with Gasteiger partial charge in [-0.25, -0.2) is 9.49 Å². The molecular formula is C15H16FN3O3. The van der Waals surface area contributed by atoms with Crippen LogP contribution >= 0.6 is 0 Å². The molecule has 0 saturated heterocycles. The first kappa shape index (κ1) is 14.5. The number of aromatic nitrogens is 2. The van der Waals surface area contributed by atoms with Crippen molar-refractivity contribution >= 4 is 5.69 Å². The Morgan fingerprint density at radius 3 is 3.05 bits per heavy atom. The van der Waals surface area contributed by atoms with Crippen molar-refractivity contribution in [1.29, 1.82) is 0 Å². The summed E-state index contributed by atoms with van der Waals surface area (Å²) in [6.45, 7) is 2.58. The van der Waals surface area contributed by atoms with Crippen molar-refractivity contribution in [3.8, 4) is 5.75 Å². The third kappa shape index (κ3) is 2.55. The Balaban J connectivity index is 1.90. The van der Waals surface area contributed by atoms with E-state index in [9.17, 15) is 9.18 Å². The van der Waals surface area contributed by atoms with E-state index in [1.54, 1.807) is 19.2 Å². The molecule has 1 aliphatic rings. The lowest BCUT2D eigenvalue weighted by molar-refractivity contribution is 0.201. The molecule has 0 saturated carbocycles. The van der Waals surface area contributed by atoms with Gasteiger partial charge in [0, 0.05) is 30.3 Å². The van der Waals surface area contributed by atoms with E-state index in [1.165, 1.54) is 6.07 Å². The fourth-order valence-corrected chi connectivity index (χ4v) is 2.62. The Labute approximate surface area is 126 Å². The van der Waals surface area contributed by atoms with Gasteiger partial charge in [-0.15, -0.1) is 0 Å². The summed E-state index contributed by atoms with van der Waals surface area (Å²) in [5.41, 5.74) is 2.40. The molecule has 0 spiro atoms. The molecule has 0 amide bonds. The Morgan fingerprint density at radius 2 is 2.27 bits per heavy atom. The molecule has 7 heteroatoms. The highest BCUT2D eigenvalue weighted by molar-refractivity contribution is 5.55. The number of anilines is 1. The second-order valence-electron chi connectivity index (χ2n) is 5.18. The van der Waals surface area contributed by atoms with Gasteiger partial charge in [-0.1, -0.05) is 0 Å². The van der Waals surface area contributed by atoms with Crippen LogP contribution in [-0.4, -0.2) is 28.5 Å². The fourth-order valence-electron chi connectivity index (χ4n) is 2.62. The van der Waals surface area contributed by atoms with Crippen LogP contribution in [0.15, 0.2) is 23.1 Å². The van der Waals surface area contributed by atoms with E-state index in [0.717, 1.165) is 5.56 Å². The van der Waals surface area contributed by atoms with Gasteiger partial charge in [-0.2, -0.15) is 5.10 Å². The number of nitrogens with zero attached hydrogens (tertiary/aromatic N) is 2. The molecule has 116 valence electrons. The van der Waals surface area contributed by atoms with Crippen molar-refractivity contribution in [1.82, 2.24) is 10.2 Å². The molecule has 6 nitrogen and oxygen atoms in total.